The second kappa shape index (κ2) is 10.9. The van der Waals surface area contributed by atoms with Crippen LogP contribution in [0.3, 0.4) is 0 Å². The van der Waals surface area contributed by atoms with Gasteiger partial charge in [0.15, 0.2) is 0 Å². The first-order chi connectivity index (χ1) is 18.2. The van der Waals surface area contributed by atoms with Crippen LogP contribution in [0.25, 0.3) is 22.0 Å². The summed E-state index contributed by atoms with van der Waals surface area (Å²) in [6, 6.07) is 16.8. The van der Waals surface area contributed by atoms with Crippen LogP contribution in [0.5, 0.6) is 0 Å². The SMILES string of the molecule is O=C(CCc1ccccc1)N1CCC(Cn2ncc3cc(-c4cnn(C5CCCCO5)c4)ccc32)CC1. The standard InChI is InChI=1S/C30H35N5O2/c36-29(12-9-23-6-2-1-3-7-23)33-15-13-24(14-16-33)21-34-28-11-10-25(18-26(28)19-31-34)27-20-32-35(22-27)30-8-4-5-17-37-30/h1-3,6-7,10-11,18-20,22,24,30H,4-5,8-9,12-17,21H2. The molecule has 192 valence electrons. The molecule has 0 bridgehead atoms. The quantitative estimate of drug-likeness (QED) is 0.340. The number of nitrogens with zero attached hydrogens (tertiary/aromatic N) is 5. The summed E-state index contributed by atoms with van der Waals surface area (Å²) in [6.45, 7) is 3.40. The van der Waals surface area contributed by atoms with E-state index in [2.05, 4.69) is 46.3 Å². The number of piperidine rings is 1. The number of hydrogen-bond donors (Lipinski definition) is 0. The van der Waals surface area contributed by atoms with E-state index in [4.69, 9.17) is 9.84 Å². The second-order valence-corrected chi connectivity index (χ2v) is 10.4. The summed E-state index contributed by atoms with van der Waals surface area (Å²) in [6.07, 6.45) is 12.9. The number of benzene rings is 2. The average molecular weight is 498 g/mol. The molecule has 0 N–H and O–H groups in total. The Hall–Kier alpha value is -3.45. The van der Waals surface area contributed by atoms with Crippen molar-refractivity contribution in [3.05, 3.63) is 72.7 Å². The maximum Gasteiger partial charge on any atom is 0.222 e. The van der Waals surface area contributed by atoms with Crippen LogP contribution in [0.4, 0.5) is 0 Å². The fourth-order valence-corrected chi connectivity index (χ4v) is 5.65. The highest BCUT2D eigenvalue weighted by atomic mass is 16.5. The van der Waals surface area contributed by atoms with E-state index in [9.17, 15) is 4.79 Å². The summed E-state index contributed by atoms with van der Waals surface area (Å²) in [7, 11) is 0. The van der Waals surface area contributed by atoms with Crippen LogP contribution in [0.15, 0.2) is 67.1 Å². The molecule has 1 amide bonds. The van der Waals surface area contributed by atoms with Crippen molar-refractivity contribution in [1.29, 1.82) is 0 Å². The Bertz CT molecular complexity index is 1330. The molecule has 0 aliphatic carbocycles. The Kier molecular flexibility index (Phi) is 7.04. The van der Waals surface area contributed by atoms with Crippen LogP contribution in [-0.2, 0) is 22.5 Å². The predicted molar refractivity (Wildman–Crippen MR) is 144 cm³/mol. The Labute approximate surface area is 218 Å². The van der Waals surface area contributed by atoms with Gasteiger partial charge in [0, 0.05) is 49.8 Å². The Morgan fingerprint density at radius 2 is 1.81 bits per heavy atom. The number of ether oxygens (including phenoxy) is 1. The van der Waals surface area contributed by atoms with Crippen LogP contribution in [0.2, 0.25) is 0 Å². The molecule has 7 heteroatoms. The molecule has 2 aromatic carbocycles. The summed E-state index contributed by atoms with van der Waals surface area (Å²) in [4.78, 5) is 14.8. The molecule has 2 saturated heterocycles. The summed E-state index contributed by atoms with van der Waals surface area (Å²) in [5, 5.41) is 10.4. The van der Waals surface area contributed by atoms with Crippen molar-refractivity contribution in [2.45, 2.75) is 57.7 Å². The Morgan fingerprint density at radius 1 is 0.946 bits per heavy atom. The molecular weight excluding hydrogens is 462 g/mol. The molecule has 4 heterocycles. The summed E-state index contributed by atoms with van der Waals surface area (Å²) >= 11 is 0. The summed E-state index contributed by atoms with van der Waals surface area (Å²) in [5.41, 5.74) is 4.64. The number of rotatable bonds is 7. The fraction of sp³-hybridized carbons (Fsp3) is 0.433. The zero-order chi connectivity index (χ0) is 25.0. The van der Waals surface area contributed by atoms with E-state index in [1.165, 1.54) is 12.0 Å². The molecule has 2 fully saturated rings. The van der Waals surface area contributed by atoms with E-state index >= 15 is 0 Å². The van der Waals surface area contributed by atoms with Crippen molar-refractivity contribution in [2.75, 3.05) is 19.7 Å². The van der Waals surface area contributed by atoms with Gasteiger partial charge in [0.2, 0.25) is 5.91 Å². The number of fused-ring (bicyclic) bond motifs is 1. The van der Waals surface area contributed by atoms with Gasteiger partial charge in [-0.25, -0.2) is 4.68 Å². The molecule has 0 spiro atoms. The van der Waals surface area contributed by atoms with E-state index in [1.54, 1.807) is 0 Å². The van der Waals surface area contributed by atoms with Gasteiger partial charge in [0.05, 0.1) is 17.9 Å². The second-order valence-electron chi connectivity index (χ2n) is 10.4. The topological polar surface area (TPSA) is 65.2 Å². The maximum atomic E-state index is 12.7. The van der Waals surface area contributed by atoms with E-state index in [1.807, 2.05) is 40.2 Å². The number of carbonyl (C=O) groups is 1. The van der Waals surface area contributed by atoms with E-state index in [0.717, 1.165) is 80.4 Å². The molecule has 0 radical (unpaired) electrons. The highest BCUT2D eigenvalue weighted by Crippen LogP contribution is 2.28. The average Bonchev–Trinajstić information content (AvgIpc) is 3.61. The zero-order valence-corrected chi connectivity index (χ0v) is 21.3. The van der Waals surface area contributed by atoms with E-state index in [-0.39, 0.29) is 12.1 Å². The molecule has 2 aromatic heterocycles. The van der Waals surface area contributed by atoms with Gasteiger partial charge in [-0.15, -0.1) is 0 Å². The number of aromatic nitrogens is 4. The molecule has 1 unspecified atom stereocenters. The van der Waals surface area contributed by atoms with Gasteiger partial charge in [-0.05, 0) is 67.7 Å². The smallest absolute Gasteiger partial charge is 0.222 e. The largest absolute Gasteiger partial charge is 0.357 e. The normalized spacial score (nSPS) is 18.9. The van der Waals surface area contributed by atoms with Gasteiger partial charge < -0.3 is 9.64 Å². The highest BCUT2D eigenvalue weighted by molar-refractivity contribution is 5.84. The predicted octanol–water partition coefficient (Wildman–Crippen LogP) is 5.47. The highest BCUT2D eigenvalue weighted by Gasteiger charge is 2.23. The first kappa shape index (κ1) is 23.9. The third-order valence-electron chi connectivity index (χ3n) is 7.90. The fourth-order valence-electron chi connectivity index (χ4n) is 5.65. The van der Waals surface area contributed by atoms with E-state index < -0.39 is 0 Å². The van der Waals surface area contributed by atoms with Crippen molar-refractivity contribution in [3.63, 3.8) is 0 Å². The van der Waals surface area contributed by atoms with Crippen LogP contribution >= 0.6 is 0 Å². The number of likely N-dealkylation sites (tertiary alicyclic amines) is 1. The van der Waals surface area contributed by atoms with Crippen LogP contribution in [0, 0.1) is 5.92 Å². The van der Waals surface area contributed by atoms with Crippen molar-refractivity contribution < 1.29 is 9.53 Å². The lowest BCUT2D eigenvalue weighted by Crippen LogP contribution is -2.39. The van der Waals surface area contributed by atoms with Gasteiger partial charge in [0.1, 0.15) is 6.23 Å². The molecule has 0 saturated carbocycles. The minimum atomic E-state index is 0.0551. The minimum Gasteiger partial charge on any atom is -0.357 e. The Balaban J connectivity index is 1.04. The minimum absolute atomic E-state index is 0.0551. The Morgan fingerprint density at radius 3 is 2.62 bits per heavy atom. The maximum absolute atomic E-state index is 12.7. The molecule has 1 atom stereocenters. The molecule has 2 aliphatic heterocycles. The molecule has 37 heavy (non-hydrogen) atoms. The number of hydrogen-bond acceptors (Lipinski definition) is 4. The van der Waals surface area contributed by atoms with Crippen molar-refractivity contribution in [2.24, 2.45) is 5.92 Å². The lowest BCUT2D eigenvalue weighted by molar-refractivity contribution is -0.132. The zero-order valence-electron chi connectivity index (χ0n) is 21.3. The van der Waals surface area contributed by atoms with Gasteiger partial charge >= 0.3 is 0 Å². The number of aryl methyl sites for hydroxylation is 1. The lowest BCUT2D eigenvalue weighted by Gasteiger charge is -2.32. The number of carbonyl (C=O) groups excluding carboxylic acids is 1. The monoisotopic (exact) mass is 497 g/mol. The molecule has 7 nitrogen and oxygen atoms in total. The van der Waals surface area contributed by atoms with Crippen molar-refractivity contribution in [3.8, 4) is 11.1 Å². The third kappa shape index (κ3) is 5.47. The van der Waals surface area contributed by atoms with Gasteiger partial charge in [-0.3, -0.25) is 9.48 Å². The summed E-state index contributed by atoms with van der Waals surface area (Å²) < 4.78 is 9.97. The third-order valence-corrected chi connectivity index (χ3v) is 7.90. The van der Waals surface area contributed by atoms with Crippen molar-refractivity contribution >= 4 is 16.8 Å². The lowest BCUT2D eigenvalue weighted by atomic mass is 9.96. The molecule has 6 rings (SSSR count). The van der Waals surface area contributed by atoms with Gasteiger partial charge in [0.25, 0.3) is 0 Å². The van der Waals surface area contributed by atoms with Gasteiger partial charge in [-0.2, -0.15) is 10.2 Å². The first-order valence-electron chi connectivity index (χ1n) is 13.7. The summed E-state index contributed by atoms with van der Waals surface area (Å²) in [5.74, 6) is 0.812. The van der Waals surface area contributed by atoms with Crippen LogP contribution in [-0.4, -0.2) is 50.1 Å². The molecule has 2 aliphatic rings. The van der Waals surface area contributed by atoms with Crippen molar-refractivity contribution in [1.82, 2.24) is 24.5 Å². The van der Waals surface area contributed by atoms with E-state index in [0.29, 0.717) is 12.3 Å². The van der Waals surface area contributed by atoms with Crippen LogP contribution in [0.1, 0.15) is 50.3 Å². The van der Waals surface area contributed by atoms with Gasteiger partial charge in [-0.1, -0.05) is 36.4 Å². The number of amides is 1. The molecular formula is C30H35N5O2. The molecule has 4 aromatic rings. The first-order valence-corrected chi connectivity index (χ1v) is 13.7. The van der Waals surface area contributed by atoms with Crippen LogP contribution < -0.4 is 0 Å².